The molecular formula is C43H27N3O2. The molecule has 0 amide bonds. The molecule has 1 spiro atoms. The first kappa shape index (κ1) is 26.7. The van der Waals surface area contributed by atoms with Crippen molar-refractivity contribution in [1.29, 1.82) is 0 Å². The molecule has 8 aromatic rings. The standard InChI is InChI=1S/C43H27N3O2/c47-42-30-23-22-29(26-41(30)48-40-24-25-44-27-31(40)42)46-38-20-10-6-16-34(38)43(35-17-7-11-21-39(35)46)32-14-4-8-18-36(32)45(28-12-2-1-3-13-28)37-19-9-5-15-33(37)43/h1-27H. The number of aromatic nitrogens is 1. The van der Waals surface area contributed by atoms with Gasteiger partial charge in [-0.1, -0.05) is 91.0 Å². The van der Waals surface area contributed by atoms with Crippen molar-refractivity contribution < 1.29 is 4.42 Å². The van der Waals surface area contributed by atoms with E-state index in [4.69, 9.17) is 4.42 Å². The van der Waals surface area contributed by atoms with Crippen LogP contribution in [0.25, 0.3) is 21.9 Å². The van der Waals surface area contributed by atoms with Gasteiger partial charge < -0.3 is 14.2 Å². The number of rotatable bonds is 2. The highest BCUT2D eigenvalue weighted by Crippen LogP contribution is 2.63. The summed E-state index contributed by atoms with van der Waals surface area (Å²) in [6, 6.07) is 53.3. The smallest absolute Gasteiger partial charge is 0.202 e. The van der Waals surface area contributed by atoms with Gasteiger partial charge in [0.1, 0.15) is 11.2 Å². The Morgan fingerprint density at radius 1 is 0.479 bits per heavy atom. The molecule has 0 N–H and O–H groups in total. The van der Waals surface area contributed by atoms with Crippen LogP contribution >= 0.6 is 0 Å². The van der Waals surface area contributed by atoms with Crippen LogP contribution in [0.15, 0.2) is 173 Å². The first-order chi connectivity index (χ1) is 23.7. The fourth-order valence-electron chi connectivity index (χ4n) is 8.03. The van der Waals surface area contributed by atoms with E-state index in [2.05, 4.69) is 142 Å². The van der Waals surface area contributed by atoms with E-state index in [1.807, 2.05) is 18.2 Å². The quantitative estimate of drug-likeness (QED) is 0.181. The maximum atomic E-state index is 13.4. The van der Waals surface area contributed by atoms with Crippen molar-refractivity contribution in [2.24, 2.45) is 0 Å². The van der Waals surface area contributed by atoms with E-state index in [0.29, 0.717) is 21.9 Å². The lowest BCUT2D eigenvalue weighted by atomic mass is 9.60. The third-order valence-corrected chi connectivity index (χ3v) is 9.92. The van der Waals surface area contributed by atoms with E-state index < -0.39 is 5.41 Å². The predicted octanol–water partition coefficient (Wildman–Crippen LogP) is 10.3. The molecule has 0 saturated carbocycles. The molecule has 0 radical (unpaired) electrons. The maximum Gasteiger partial charge on any atom is 0.202 e. The lowest BCUT2D eigenvalue weighted by molar-refractivity contribution is 0.659. The van der Waals surface area contributed by atoms with Gasteiger partial charge in [0.15, 0.2) is 0 Å². The first-order valence-corrected chi connectivity index (χ1v) is 16.1. The average molecular weight is 618 g/mol. The Bertz CT molecular complexity index is 2530. The van der Waals surface area contributed by atoms with Gasteiger partial charge in [0.05, 0.1) is 38.9 Å². The average Bonchev–Trinajstić information content (AvgIpc) is 3.15. The molecule has 2 aliphatic rings. The van der Waals surface area contributed by atoms with E-state index >= 15 is 0 Å². The Morgan fingerprint density at radius 3 is 1.54 bits per heavy atom. The summed E-state index contributed by atoms with van der Waals surface area (Å²) in [6.45, 7) is 0. The summed E-state index contributed by atoms with van der Waals surface area (Å²) in [5, 5.41) is 1.01. The van der Waals surface area contributed by atoms with Crippen molar-refractivity contribution in [3.05, 3.63) is 197 Å². The van der Waals surface area contributed by atoms with Crippen LogP contribution in [0.5, 0.6) is 0 Å². The minimum atomic E-state index is -0.602. The van der Waals surface area contributed by atoms with E-state index in [1.165, 1.54) is 22.3 Å². The molecule has 4 heterocycles. The fraction of sp³-hybridized carbons (Fsp3) is 0.0233. The van der Waals surface area contributed by atoms with Crippen LogP contribution < -0.4 is 15.2 Å². The number of fused-ring (bicyclic) bond motifs is 10. The normalized spacial score (nSPS) is 14.0. The second-order valence-corrected chi connectivity index (χ2v) is 12.3. The Morgan fingerprint density at radius 2 is 0.979 bits per heavy atom. The monoisotopic (exact) mass is 617 g/mol. The lowest BCUT2D eigenvalue weighted by Gasteiger charge is -2.51. The highest BCUT2D eigenvalue weighted by Gasteiger charge is 2.51. The molecule has 5 heteroatoms. The van der Waals surface area contributed by atoms with Crippen molar-refractivity contribution in [3.8, 4) is 0 Å². The molecule has 2 aliphatic heterocycles. The Balaban J connectivity index is 1.28. The zero-order valence-electron chi connectivity index (χ0n) is 25.7. The molecule has 0 aliphatic carbocycles. The number of hydrogen-bond donors (Lipinski definition) is 0. The SMILES string of the molecule is O=c1c2ccc(N3c4ccccc4C4(c5ccccc5N(c5ccccc5)c5ccccc54)c4ccccc43)cc2oc2ccncc12. The second kappa shape index (κ2) is 10.0. The number of pyridine rings is 1. The van der Waals surface area contributed by atoms with Crippen molar-refractivity contribution >= 4 is 56.1 Å². The summed E-state index contributed by atoms with van der Waals surface area (Å²) in [4.78, 5) is 22.3. The molecule has 5 nitrogen and oxygen atoms in total. The zero-order chi connectivity index (χ0) is 31.8. The van der Waals surface area contributed by atoms with Crippen molar-refractivity contribution in [3.63, 3.8) is 0 Å². The molecule has 0 unspecified atom stereocenters. The molecule has 2 aromatic heterocycles. The van der Waals surface area contributed by atoms with Gasteiger partial charge in [-0.3, -0.25) is 9.78 Å². The van der Waals surface area contributed by atoms with Gasteiger partial charge in [0.25, 0.3) is 0 Å². The topological polar surface area (TPSA) is 49.6 Å². The van der Waals surface area contributed by atoms with Crippen LogP contribution in [0.2, 0.25) is 0 Å². The van der Waals surface area contributed by atoms with E-state index in [9.17, 15) is 4.79 Å². The fourth-order valence-corrected chi connectivity index (χ4v) is 8.03. The van der Waals surface area contributed by atoms with Crippen molar-refractivity contribution in [2.75, 3.05) is 9.80 Å². The van der Waals surface area contributed by atoms with Crippen LogP contribution in [0.4, 0.5) is 34.1 Å². The van der Waals surface area contributed by atoms with Gasteiger partial charge in [0.2, 0.25) is 5.43 Å². The molecule has 6 aromatic carbocycles. The predicted molar refractivity (Wildman–Crippen MR) is 193 cm³/mol. The number of para-hydroxylation sites is 5. The highest BCUT2D eigenvalue weighted by atomic mass is 16.3. The third kappa shape index (κ3) is 3.50. The number of hydrogen-bond acceptors (Lipinski definition) is 5. The summed E-state index contributed by atoms with van der Waals surface area (Å²) in [5.74, 6) is 0. The van der Waals surface area contributed by atoms with Crippen LogP contribution in [0, 0.1) is 0 Å². The highest BCUT2D eigenvalue weighted by molar-refractivity contribution is 5.98. The number of benzene rings is 6. The summed E-state index contributed by atoms with van der Waals surface area (Å²) in [5.41, 5.74) is 11.7. The van der Waals surface area contributed by atoms with E-state index in [-0.39, 0.29) is 5.43 Å². The van der Waals surface area contributed by atoms with Crippen LogP contribution in [-0.4, -0.2) is 4.98 Å². The molecule has 226 valence electrons. The molecule has 48 heavy (non-hydrogen) atoms. The molecule has 0 bridgehead atoms. The molecule has 10 rings (SSSR count). The lowest BCUT2D eigenvalue weighted by Crippen LogP contribution is -2.41. The van der Waals surface area contributed by atoms with Crippen LogP contribution in [-0.2, 0) is 5.41 Å². The summed E-state index contributed by atoms with van der Waals surface area (Å²) >= 11 is 0. The minimum Gasteiger partial charge on any atom is -0.456 e. The minimum absolute atomic E-state index is 0.0808. The second-order valence-electron chi connectivity index (χ2n) is 12.3. The van der Waals surface area contributed by atoms with Crippen LogP contribution in [0.3, 0.4) is 0 Å². The summed E-state index contributed by atoms with van der Waals surface area (Å²) in [6.07, 6.45) is 3.22. The molecule has 0 atom stereocenters. The largest absolute Gasteiger partial charge is 0.456 e. The third-order valence-electron chi connectivity index (χ3n) is 9.92. The van der Waals surface area contributed by atoms with Gasteiger partial charge in [-0.15, -0.1) is 0 Å². The zero-order valence-corrected chi connectivity index (χ0v) is 25.7. The van der Waals surface area contributed by atoms with Gasteiger partial charge in [-0.2, -0.15) is 0 Å². The Kier molecular flexibility index (Phi) is 5.58. The Hall–Kier alpha value is -6.46. The molecular weight excluding hydrogens is 590 g/mol. The maximum absolute atomic E-state index is 13.4. The summed E-state index contributed by atoms with van der Waals surface area (Å²) in [7, 11) is 0. The van der Waals surface area contributed by atoms with E-state index in [1.54, 1.807) is 18.5 Å². The molecule has 0 fully saturated rings. The van der Waals surface area contributed by atoms with E-state index in [0.717, 1.165) is 34.1 Å². The first-order valence-electron chi connectivity index (χ1n) is 16.1. The van der Waals surface area contributed by atoms with Crippen LogP contribution in [0.1, 0.15) is 22.3 Å². The van der Waals surface area contributed by atoms with Crippen molar-refractivity contribution in [1.82, 2.24) is 4.98 Å². The van der Waals surface area contributed by atoms with Crippen molar-refractivity contribution in [2.45, 2.75) is 5.41 Å². The van der Waals surface area contributed by atoms with Gasteiger partial charge >= 0.3 is 0 Å². The van der Waals surface area contributed by atoms with Gasteiger partial charge in [0, 0.05) is 29.8 Å². The molecule has 0 saturated heterocycles. The Labute approximate surface area is 276 Å². The summed E-state index contributed by atoms with van der Waals surface area (Å²) < 4.78 is 6.32. The number of nitrogens with zero attached hydrogens (tertiary/aromatic N) is 3. The van der Waals surface area contributed by atoms with Gasteiger partial charge in [-0.05, 0) is 76.9 Å². The van der Waals surface area contributed by atoms with Gasteiger partial charge in [-0.25, -0.2) is 0 Å². The number of anilines is 6.